The van der Waals surface area contributed by atoms with Gasteiger partial charge in [-0.15, -0.1) is 0 Å². The van der Waals surface area contributed by atoms with E-state index in [1.165, 1.54) is 25.5 Å². The zero-order chi connectivity index (χ0) is 19.1. The number of ether oxygens (including phenoxy) is 1. The Morgan fingerprint density at radius 3 is 2.69 bits per heavy atom. The summed E-state index contributed by atoms with van der Waals surface area (Å²) < 4.78 is 9.71. The molecular weight excluding hydrogens is 383 g/mol. The molecule has 1 aromatic heterocycles. The second-order valence-electron chi connectivity index (χ2n) is 5.84. The minimum absolute atomic E-state index is 0.0637. The molecule has 9 heteroatoms. The third kappa shape index (κ3) is 2.93. The standard InChI is InChI=1S/C17H14Cl2N2O5/c1-17(11-4-3-10(18)7-12(11)19)15(23)21(16(24)20-17)8-9-5-6-26-13(9)14(22)25-2/h3-7H,8H2,1-2H3,(H,20,24). The number of urea groups is 1. The molecule has 2 aromatic rings. The van der Waals surface area contributed by atoms with Gasteiger partial charge >= 0.3 is 12.0 Å². The van der Waals surface area contributed by atoms with Crippen molar-refractivity contribution in [3.8, 4) is 0 Å². The Bertz CT molecular complexity index is 910. The van der Waals surface area contributed by atoms with Gasteiger partial charge in [-0.1, -0.05) is 29.3 Å². The van der Waals surface area contributed by atoms with Gasteiger partial charge in [-0.3, -0.25) is 9.69 Å². The molecule has 1 fully saturated rings. The number of rotatable bonds is 4. The highest BCUT2D eigenvalue weighted by molar-refractivity contribution is 6.35. The van der Waals surface area contributed by atoms with E-state index in [2.05, 4.69) is 10.1 Å². The van der Waals surface area contributed by atoms with E-state index in [0.717, 1.165) is 4.90 Å². The lowest BCUT2D eigenvalue weighted by atomic mass is 9.92. The molecular formula is C17H14Cl2N2O5. The molecule has 3 rings (SSSR count). The number of hydrogen-bond donors (Lipinski definition) is 1. The highest BCUT2D eigenvalue weighted by atomic mass is 35.5. The second-order valence-corrected chi connectivity index (χ2v) is 6.68. The zero-order valence-corrected chi connectivity index (χ0v) is 15.4. The molecule has 7 nitrogen and oxygen atoms in total. The van der Waals surface area contributed by atoms with Crippen molar-refractivity contribution in [2.75, 3.05) is 7.11 Å². The van der Waals surface area contributed by atoms with Crippen molar-refractivity contribution < 1.29 is 23.5 Å². The highest BCUT2D eigenvalue weighted by Gasteiger charge is 2.50. The Morgan fingerprint density at radius 2 is 2.04 bits per heavy atom. The molecule has 1 aromatic carbocycles. The fourth-order valence-electron chi connectivity index (χ4n) is 2.82. The first-order chi connectivity index (χ1) is 12.3. The fraction of sp³-hybridized carbons (Fsp3) is 0.235. The average Bonchev–Trinajstić information content (AvgIpc) is 3.13. The molecule has 0 radical (unpaired) electrons. The van der Waals surface area contributed by atoms with Gasteiger partial charge in [0.15, 0.2) is 0 Å². The van der Waals surface area contributed by atoms with E-state index >= 15 is 0 Å². The Kier molecular flexibility index (Phi) is 4.68. The normalized spacial score (nSPS) is 19.6. The maximum atomic E-state index is 13.0. The minimum Gasteiger partial charge on any atom is -0.463 e. The maximum Gasteiger partial charge on any atom is 0.374 e. The predicted molar refractivity (Wildman–Crippen MR) is 92.9 cm³/mol. The van der Waals surface area contributed by atoms with E-state index in [1.807, 2.05) is 0 Å². The fourth-order valence-corrected chi connectivity index (χ4v) is 3.42. The van der Waals surface area contributed by atoms with Gasteiger partial charge in [0.25, 0.3) is 5.91 Å². The average molecular weight is 397 g/mol. The molecule has 136 valence electrons. The van der Waals surface area contributed by atoms with Crippen LogP contribution in [0, 0.1) is 0 Å². The topological polar surface area (TPSA) is 88.8 Å². The minimum atomic E-state index is -1.35. The van der Waals surface area contributed by atoms with Crippen molar-refractivity contribution in [3.05, 3.63) is 57.5 Å². The summed E-state index contributed by atoms with van der Waals surface area (Å²) in [4.78, 5) is 38.1. The van der Waals surface area contributed by atoms with Crippen molar-refractivity contribution >= 4 is 41.1 Å². The van der Waals surface area contributed by atoms with Crippen molar-refractivity contribution in [2.45, 2.75) is 19.0 Å². The highest BCUT2D eigenvalue weighted by Crippen LogP contribution is 2.35. The summed E-state index contributed by atoms with van der Waals surface area (Å²) in [7, 11) is 1.21. The van der Waals surface area contributed by atoms with Crippen LogP contribution in [0.1, 0.15) is 28.6 Å². The second kappa shape index (κ2) is 6.66. The number of imide groups is 1. The molecule has 0 saturated carbocycles. The largest absolute Gasteiger partial charge is 0.463 e. The van der Waals surface area contributed by atoms with E-state index in [4.69, 9.17) is 27.6 Å². The molecule has 0 spiro atoms. The molecule has 26 heavy (non-hydrogen) atoms. The summed E-state index contributed by atoms with van der Waals surface area (Å²) in [5.74, 6) is -1.27. The summed E-state index contributed by atoms with van der Waals surface area (Å²) in [6, 6.07) is 5.56. The van der Waals surface area contributed by atoms with Gasteiger partial charge in [-0.2, -0.15) is 0 Å². The van der Waals surface area contributed by atoms with Gasteiger partial charge in [-0.25, -0.2) is 9.59 Å². The van der Waals surface area contributed by atoms with Crippen molar-refractivity contribution in [2.24, 2.45) is 0 Å². The number of carbonyl (C=O) groups excluding carboxylic acids is 3. The lowest BCUT2D eigenvalue weighted by Gasteiger charge is -2.23. The first-order valence-electron chi connectivity index (χ1n) is 7.52. The number of hydrogen-bond acceptors (Lipinski definition) is 5. The Hall–Kier alpha value is -2.51. The zero-order valence-electron chi connectivity index (χ0n) is 13.8. The Labute approximate surface area is 158 Å². The molecule has 3 amide bonds. The van der Waals surface area contributed by atoms with Crippen LogP contribution in [-0.2, 0) is 21.6 Å². The maximum absolute atomic E-state index is 13.0. The molecule has 1 unspecified atom stereocenters. The van der Waals surface area contributed by atoms with Crippen molar-refractivity contribution in [1.82, 2.24) is 10.2 Å². The Balaban J connectivity index is 1.92. The number of nitrogens with zero attached hydrogens (tertiary/aromatic N) is 1. The van der Waals surface area contributed by atoms with Crippen LogP contribution in [0.15, 0.2) is 34.9 Å². The van der Waals surface area contributed by atoms with Crippen molar-refractivity contribution in [1.29, 1.82) is 0 Å². The van der Waals surface area contributed by atoms with Crippen LogP contribution in [0.3, 0.4) is 0 Å². The first kappa shape index (κ1) is 18.3. The molecule has 0 aliphatic carbocycles. The van der Waals surface area contributed by atoms with Crippen LogP contribution < -0.4 is 5.32 Å². The summed E-state index contributed by atoms with van der Waals surface area (Å²) in [5, 5.41) is 3.32. The van der Waals surface area contributed by atoms with E-state index in [-0.39, 0.29) is 17.3 Å². The molecule has 1 aliphatic heterocycles. The molecule has 1 atom stereocenters. The number of methoxy groups -OCH3 is 1. The predicted octanol–water partition coefficient (Wildman–Crippen LogP) is 3.34. The number of halogens is 2. The smallest absolute Gasteiger partial charge is 0.374 e. The Morgan fingerprint density at radius 1 is 1.31 bits per heavy atom. The van der Waals surface area contributed by atoms with Crippen molar-refractivity contribution in [3.63, 3.8) is 0 Å². The van der Waals surface area contributed by atoms with Crippen LogP contribution in [0.2, 0.25) is 10.0 Å². The van der Waals surface area contributed by atoms with Crippen LogP contribution in [0.4, 0.5) is 4.79 Å². The molecule has 2 heterocycles. The van der Waals surface area contributed by atoms with E-state index < -0.39 is 23.4 Å². The number of carbonyl (C=O) groups is 3. The van der Waals surface area contributed by atoms with Gasteiger partial charge in [0.2, 0.25) is 5.76 Å². The van der Waals surface area contributed by atoms with Gasteiger partial charge in [0.05, 0.1) is 19.9 Å². The number of benzene rings is 1. The molecule has 1 aliphatic rings. The quantitative estimate of drug-likeness (QED) is 0.632. The lowest BCUT2D eigenvalue weighted by molar-refractivity contribution is -0.131. The van der Waals surface area contributed by atoms with Gasteiger partial charge in [0.1, 0.15) is 5.54 Å². The van der Waals surface area contributed by atoms with Crippen LogP contribution >= 0.6 is 23.2 Å². The van der Waals surface area contributed by atoms with Crippen LogP contribution in [0.5, 0.6) is 0 Å². The summed E-state index contributed by atoms with van der Waals surface area (Å²) >= 11 is 12.1. The van der Waals surface area contributed by atoms with Gasteiger partial charge in [0, 0.05) is 21.2 Å². The summed E-state index contributed by atoms with van der Waals surface area (Å²) in [6.45, 7) is 1.41. The number of furan rings is 1. The summed E-state index contributed by atoms with van der Waals surface area (Å²) in [6.07, 6.45) is 1.29. The lowest BCUT2D eigenvalue weighted by Crippen LogP contribution is -2.41. The van der Waals surface area contributed by atoms with Crippen LogP contribution in [0.25, 0.3) is 0 Å². The monoisotopic (exact) mass is 396 g/mol. The SMILES string of the molecule is COC(=O)c1occc1CN1C(=O)NC(C)(c2ccc(Cl)cc2Cl)C1=O. The molecule has 1 saturated heterocycles. The number of nitrogens with one attached hydrogen (secondary N) is 1. The van der Waals surface area contributed by atoms with Crippen LogP contribution in [-0.4, -0.2) is 29.9 Å². The van der Waals surface area contributed by atoms with E-state index in [9.17, 15) is 14.4 Å². The van der Waals surface area contributed by atoms with Gasteiger partial charge in [-0.05, 0) is 25.1 Å². The molecule has 1 N–H and O–H groups in total. The van der Waals surface area contributed by atoms with E-state index in [0.29, 0.717) is 16.1 Å². The number of amides is 3. The number of esters is 1. The molecule has 0 bridgehead atoms. The van der Waals surface area contributed by atoms with E-state index in [1.54, 1.807) is 19.1 Å². The third-order valence-electron chi connectivity index (χ3n) is 4.19. The van der Waals surface area contributed by atoms with Gasteiger partial charge < -0.3 is 14.5 Å². The first-order valence-corrected chi connectivity index (χ1v) is 8.28. The third-order valence-corrected chi connectivity index (χ3v) is 4.74. The summed E-state index contributed by atoms with van der Waals surface area (Å²) in [5.41, 5.74) is -0.579.